The molecule has 3 aromatic rings. The van der Waals surface area contributed by atoms with Crippen LogP contribution in [-0.2, 0) is 34.7 Å². The van der Waals surface area contributed by atoms with E-state index < -0.39 is 14.7 Å². The minimum absolute atomic E-state index is 0.120. The first-order valence-corrected chi connectivity index (χ1v) is 27.1. The first kappa shape index (κ1) is 56.3. The highest BCUT2D eigenvalue weighted by Gasteiger charge is 2.22. The average Bonchev–Trinajstić information content (AvgIpc) is 3.29. The molecule has 0 fully saturated rings. The second-order valence-corrected chi connectivity index (χ2v) is 19.7. The monoisotopic (exact) mass is 925 g/mol. The van der Waals surface area contributed by atoms with E-state index in [2.05, 4.69) is 70.7 Å². The van der Waals surface area contributed by atoms with E-state index in [1.54, 1.807) is 0 Å². The van der Waals surface area contributed by atoms with Crippen LogP contribution in [0.5, 0.6) is 0 Å². The summed E-state index contributed by atoms with van der Waals surface area (Å²) in [5.41, 5.74) is 4.29. The van der Waals surface area contributed by atoms with Gasteiger partial charge >= 0.3 is 20.5 Å². The van der Waals surface area contributed by atoms with Crippen LogP contribution in [0.15, 0.2) is 42.5 Å². The number of unbranched alkanes of at least 4 members (excludes halogenated alkanes) is 24. The third kappa shape index (κ3) is 24.5. The summed E-state index contributed by atoms with van der Waals surface area (Å²) >= 11 is 0. The summed E-state index contributed by atoms with van der Waals surface area (Å²) < 4.78 is 25.3. The van der Waals surface area contributed by atoms with Gasteiger partial charge in [-0.1, -0.05) is 168 Å². The highest BCUT2D eigenvalue weighted by Crippen LogP contribution is 2.33. The third-order valence-electron chi connectivity index (χ3n) is 12.5. The number of aromatic nitrogens is 1. The van der Waals surface area contributed by atoms with E-state index in [9.17, 15) is 14.5 Å². The molecule has 0 radical (unpaired) electrons. The molecule has 11 heteroatoms. The number of carbonyl (C=O) groups is 2. The van der Waals surface area contributed by atoms with Crippen molar-refractivity contribution in [1.29, 1.82) is 0 Å². The predicted molar refractivity (Wildman–Crippen MR) is 273 cm³/mol. The number of fused-ring (bicyclic) bond motifs is 2. The molecule has 0 bridgehead atoms. The maximum Gasteiger partial charge on any atom is 0.330 e. The number of ether oxygens (including phenoxy) is 2. The molecule has 368 valence electrons. The summed E-state index contributed by atoms with van der Waals surface area (Å²) in [4.78, 5) is 40.9. The molecule has 0 unspecified atom stereocenters. The zero-order valence-corrected chi connectivity index (χ0v) is 42.8. The summed E-state index contributed by atoms with van der Waals surface area (Å²) in [6.45, 7) is 4.93. The summed E-state index contributed by atoms with van der Waals surface area (Å²) in [6.07, 6.45) is 31.9. The molecule has 0 aliphatic heterocycles. The molecule has 3 rings (SSSR count). The zero-order chi connectivity index (χ0) is 46.9. The highest BCUT2D eigenvalue weighted by atomic mass is 31.2. The summed E-state index contributed by atoms with van der Waals surface area (Å²) in [5, 5.41) is 2.21. The number of hydrogen-bond acceptors (Lipinski definition) is 9. The van der Waals surface area contributed by atoms with Crippen molar-refractivity contribution in [2.75, 3.05) is 57.8 Å². The first-order chi connectivity index (χ1) is 31.6. The molecule has 1 aromatic heterocycles. The fourth-order valence-corrected chi connectivity index (χ4v) is 9.06. The molecule has 2 aromatic carbocycles. The fourth-order valence-electron chi connectivity index (χ4n) is 8.46. The Kier molecular flexibility index (Phi) is 30.4. The number of rotatable bonds is 40. The molecular formula is C54H91N3O7P+. The van der Waals surface area contributed by atoms with Gasteiger partial charge in [0, 0.05) is 75.3 Å². The van der Waals surface area contributed by atoms with Gasteiger partial charge in [-0.05, 0) is 43.2 Å². The van der Waals surface area contributed by atoms with Crippen LogP contribution in [0.3, 0.4) is 0 Å². The van der Waals surface area contributed by atoms with Gasteiger partial charge in [-0.2, -0.15) is 4.57 Å². The van der Waals surface area contributed by atoms with Gasteiger partial charge in [-0.3, -0.25) is 9.59 Å². The largest absolute Gasteiger partial charge is 0.462 e. The van der Waals surface area contributed by atoms with Crippen molar-refractivity contribution in [2.45, 2.75) is 206 Å². The Labute approximate surface area is 396 Å². The maximum absolute atomic E-state index is 13.0. The second kappa shape index (κ2) is 35.2. The highest BCUT2D eigenvalue weighted by molar-refractivity contribution is 7.40. The van der Waals surface area contributed by atoms with E-state index in [1.807, 2.05) is 28.2 Å². The smallest absolute Gasteiger partial charge is 0.330 e. The van der Waals surface area contributed by atoms with Crippen LogP contribution in [0.2, 0.25) is 0 Å². The lowest BCUT2D eigenvalue weighted by Gasteiger charge is -2.19. The quantitative estimate of drug-likeness (QED) is 0.0196. The van der Waals surface area contributed by atoms with Crippen molar-refractivity contribution < 1.29 is 37.6 Å². The lowest BCUT2D eigenvalue weighted by Crippen LogP contribution is -2.38. The number of hydrogen-bond donors (Lipinski definition) is 1. The topological polar surface area (TPSA) is 102 Å². The molecule has 2 atom stereocenters. The normalized spacial score (nSPS) is 12.5. The molecule has 0 aliphatic carbocycles. The Balaban J connectivity index is 1.47. The molecule has 0 spiro atoms. The van der Waals surface area contributed by atoms with E-state index >= 15 is 0 Å². The first-order valence-electron chi connectivity index (χ1n) is 26.0. The predicted octanol–water partition coefficient (Wildman–Crippen LogP) is 14.1. The van der Waals surface area contributed by atoms with Gasteiger partial charge in [0.15, 0.2) is 12.6 Å². The molecule has 10 nitrogen and oxygen atoms in total. The van der Waals surface area contributed by atoms with E-state index in [0.29, 0.717) is 19.4 Å². The van der Waals surface area contributed by atoms with Gasteiger partial charge in [0.2, 0.25) is 11.0 Å². The Morgan fingerprint density at radius 3 is 1.35 bits per heavy atom. The lowest BCUT2D eigenvalue weighted by molar-refractivity contribution is -0.646. The average molecular weight is 925 g/mol. The van der Waals surface area contributed by atoms with Crippen LogP contribution in [0, 0.1) is 0 Å². The lowest BCUT2D eigenvalue weighted by atomic mass is 10.0. The van der Waals surface area contributed by atoms with Crippen LogP contribution < -0.4 is 14.4 Å². The number of pyridine rings is 1. The minimum atomic E-state index is -2.29. The van der Waals surface area contributed by atoms with Crippen LogP contribution in [-0.4, -0.2) is 70.9 Å². The molecule has 1 heterocycles. The minimum Gasteiger partial charge on any atom is -0.462 e. The van der Waals surface area contributed by atoms with Crippen molar-refractivity contribution in [3.63, 3.8) is 0 Å². The van der Waals surface area contributed by atoms with Gasteiger partial charge in [0.05, 0.1) is 6.61 Å². The Morgan fingerprint density at radius 2 is 0.938 bits per heavy atom. The standard InChI is InChI=1S/C54H91N3O7P/c1-7-9-11-13-15-17-19-21-23-25-27-29-31-33-53(58)61-44-50(64-54(59)34-32-30-28-26-24-22-20-18-16-14-12-10-8-2)45-63-65(60)62-40-39-57-51-42-48(55(3)4)37-35-46(51)41-47-36-38-49(56(5)6)43-52(47)57/h35-38,41-43,50,60H,7-34,39-40,44-45H2,1-6H3/q+1/t50-,65+/m1/s1. The van der Waals surface area contributed by atoms with Crippen molar-refractivity contribution >= 4 is 53.7 Å². The van der Waals surface area contributed by atoms with Crippen molar-refractivity contribution in [1.82, 2.24) is 0 Å². The number of esters is 2. The third-order valence-corrected chi connectivity index (χ3v) is 13.3. The maximum atomic E-state index is 13.0. The molecule has 0 amide bonds. The summed E-state index contributed by atoms with van der Waals surface area (Å²) in [5.74, 6) is -0.645. The Hall–Kier alpha value is -3.04. The number of anilines is 2. The van der Waals surface area contributed by atoms with Gasteiger partial charge < -0.3 is 33.2 Å². The van der Waals surface area contributed by atoms with Gasteiger partial charge in [-0.25, -0.2) is 0 Å². The van der Waals surface area contributed by atoms with Crippen molar-refractivity contribution in [2.24, 2.45) is 0 Å². The molecular weight excluding hydrogens is 834 g/mol. The van der Waals surface area contributed by atoms with Gasteiger partial charge in [0.25, 0.3) is 0 Å². The van der Waals surface area contributed by atoms with Crippen molar-refractivity contribution in [3.8, 4) is 0 Å². The number of benzene rings is 2. The van der Waals surface area contributed by atoms with Crippen LogP contribution in [0.25, 0.3) is 21.8 Å². The molecule has 0 saturated carbocycles. The number of nitrogens with zero attached hydrogens (tertiary/aromatic N) is 3. The van der Waals surface area contributed by atoms with E-state index in [-0.39, 0.29) is 31.8 Å². The van der Waals surface area contributed by atoms with E-state index in [4.69, 9.17) is 18.5 Å². The molecule has 0 aliphatic rings. The van der Waals surface area contributed by atoms with Crippen LogP contribution in [0.4, 0.5) is 11.4 Å². The Morgan fingerprint density at radius 1 is 0.538 bits per heavy atom. The van der Waals surface area contributed by atoms with E-state index in [1.165, 1.54) is 128 Å². The molecule has 0 saturated heterocycles. The number of carbonyl (C=O) groups excluding carboxylic acids is 2. The molecule has 1 N–H and O–H groups in total. The fraction of sp³-hybridized carbons (Fsp3) is 0.722. The van der Waals surface area contributed by atoms with Gasteiger partial charge in [0.1, 0.15) is 13.2 Å². The van der Waals surface area contributed by atoms with Gasteiger partial charge in [-0.15, -0.1) is 0 Å². The van der Waals surface area contributed by atoms with Crippen LogP contribution in [0.1, 0.15) is 194 Å². The SMILES string of the molecule is CCCCCCCCCCCCCCCC(=O)OC[C@H](CO[P@@](O)OCC[n+]1c2cc(N(C)C)ccc2cc2ccc(N(C)C)cc21)OC(=O)CCCCCCCCCCCCCCC. The summed E-state index contributed by atoms with van der Waals surface area (Å²) in [7, 11) is 5.83. The van der Waals surface area contributed by atoms with E-state index in [0.717, 1.165) is 71.7 Å². The Bertz CT molecular complexity index is 1660. The second-order valence-electron chi connectivity index (χ2n) is 18.7. The zero-order valence-electron chi connectivity index (χ0n) is 41.9. The molecule has 65 heavy (non-hydrogen) atoms. The van der Waals surface area contributed by atoms with Crippen LogP contribution >= 0.6 is 8.60 Å². The summed E-state index contributed by atoms with van der Waals surface area (Å²) in [6, 6.07) is 15.0. The van der Waals surface area contributed by atoms with Crippen molar-refractivity contribution in [3.05, 3.63) is 42.5 Å².